The molecule has 6 nitrogen and oxygen atoms in total. The number of carbonyl (C=O) groups excluding carboxylic acids is 2. The van der Waals surface area contributed by atoms with Crippen molar-refractivity contribution in [1.29, 1.82) is 5.26 Å². The normalized spacial score (nSPS) is 42.2. The Bertz CT molecular complexity index is 1360. The second-order valence-electron chi connectivity index (χ2n) is 14.9. The highest BCUT2D eigenvalue weighted by molar-refractivity contribution is 6.04. The Morgan fingerprint density at radius 1 is 1.05 bits per heavy atom. The minimum Gasteiger partial charge on any atom is -0.336 e. The molecule has 6 rings (SSSR count). The lowest BCUT2D eigenvalue weighted by Crippen LogP contribution is -2.61. The first-order valence-electron chi connectivity index (χ1n) is 14.6. The van der Waals surface area contributed by atoms with Gasteiger partial charge in [-0.3, -0.25) is 9.59 Å². The van der Waals surface area contributed by atoms with Crippen LogP contribution in [0.5, 0.6) is 0 Å². The number of aromatic nitrogens is 2. The van der Waals surface area contributed by atoms with Gasteiger partial charge in [0.15, 0.2) is 24.1 Å². The number of allylic oxidation sites excluding steroid dienone is 4. The molecule has 208 valence electrons. The zero-order valence-electron chi connectivity index (χ0n) is 24.1. The number of nitrogens with zero attached hydrogens (tertiary/aromatic N) is 3. The maximum absolute atomic E-state index is 14.4. The largest absolute Gasteiger partial charge is 0.336 e. The predicted molar refractivity (Wildman–Crippen MR) is 143 cm³/mol. The summed E-state index contributed by atoms with van der Waals surface area (Å²) in [5.74, 6) is 0.717. The lowest BCUT2D eigenvalue weighted by molar-refractivity contribution is -0.141. The van der Waals surface area contributed by atoms with Crippen LogP contribution in [0.4, 0.5) is 4.39 Å². The van der Waals surface area contributed by atoms with Crippen molar-refractivity contribution < 1.29 is 18.5 Å². The topological polar surface area (TPSA) is 96.8 Å². The molecule has 0 saturated heterocycles. The minimum atomic E-state index is -0.787. The first kappa shape index (κ1) is 26.6. The van der Waals surface area contributed by atoms with E-state index < -0.39 is 17.5 Å². The number of alkyl halides is 1. The number of Topliss-reactive ketones (excluding diaryl/α,β-unsaturated/α-hetero) is 1. The fraction of sp³-hybridized carbons (Fsp3) is 0.719. The van der Waals surface area contributed by atoms with Crippen LogP contribution in [0.25, 0.3) is 0 Å². The molecule has 5 aliphatic rings. The first-order chi connectivity index (χ1) is 18.2. The van der Waals surface area contributed by atoms with Gasteiger partial charge in [0, 0.05) is 22.2 Å². The summed E-state index contributed by atoms with van der Waals surface area (Å²) >= 11 is 0. The summed E-state index contributed by atoms with van der Waals surface area (Å²) in [4.78, 5) is 32.1. The summed E-state index contributed by atoms with van der Waals surface area (Å²) in [5, 5.41) is 14.1. The predicted octanol–water partition coefficient (Wildman–Crippen LogP) is 6.62. The molecule has 0 aliphatic heterocycles. The van der Waals surface area contributed by atoms with Crippen LogP contribution in [-0.2, 0) is 21.7 Å². The van der Waals surface area contributed by atoms with Crippen LogP contribution in [0, 0.1) is 56.7 Å². The van der Waals surface area contributed by atoms with Crippen LogP contribution in [0.15, 0.2) is 27.8 Å². The van der Waals surface area contributed by atoms with E-state index in [0.29, 0.717) is 5.82 Å². The Morgan fingerprint density at radius 3 is 2.46 bits per heavy atom. The van der Waals surface area contributed by atoms with Crippen molar-refractivity contribution in [2.45, 2.75) is 98.6 Å². The molecule has 3 fully saturated rings. The number of rotatable bonds is 2. The molecule has 0 radical (unpaired) electrons. The number of halogens is 1. The molecule has 39 heavy (non-hydrogen) atoms. The van der Waals surface area contributed by atoms with Crippen molar-refractivity contribution in [2.75, 3.05) is 0 Å². The number of carbonyl (C=O) groups is 2. The Hall–Kier alpha value is -2.62. The molecular formula is C32H40FN3O3. The highest BCUT2D eigenvalue weighted by Crippen LogP contribution is 2.70. The Balaban J connectivity index is 1.49. The molecule has 5 aliphatic carbocycles. The van der Waals surface area contributed by atoms with E-state index in [1.807, 2.05) is 26.0 Å². The van der Waals surface area contributed by atoms with E-state index in [1.165, 1.54) is 0 Å². The fourth-order valence-corrected chi connectivity index (χ4v) is 10.2. The number of fused-ring (bicyclic) bond motifs is 7. The van der Waals surface area contributed by atoms with Crippen LogP contribution in [0.1, 0.15) is 98.2 Å². The first-order valence-corrected chi connectivity index (χ1v) is 14.6. The third-order valence-corrected chi connectivity index (χ3v) is 12.1. The summed E-state index contributed by atoms with van der Waals surface area (Å²) < 4.78 is 18.7. The molecule has 7 heteroatoms. The lowest BCUT2D eigenvalue weighted by Gasteiger charge is -2.64. The summed E-state index contributed by atoms with van der Waals surface area (Å²) in [7, 11) is 0. The Morgan fingerprint density at radius 2 is 1.79 bits per heavy atom. The van der Waals surface area contributed by atoms with Crippen LogP contribution in [0.3, 0.4) is 0 Å². The number of hydrogen-bond acceptors (Lipinski definition) is 6. The van der Waals surface area contributed by atoms with E-state index in [9.17, 15) is 19.2 Å². The van der Waals surface area contributed by atoms with Gasteiger partial charge in [-0.2, -0.15) is 10.2 Å². The molecule has 7 unspecified atom stereocenters. The zero-order chi connectivity index (χ0) is 28.2. The van der Waals surface area contributed by atoms with E-state index in [2.05, 4.69) is 43.9 Å². The van der Waals surface area contributed by atoms with Gasteiger partial charge < -0.3 is 4.52 Å². The Labute approximate surface area is 230 Å². The van der Waals surface area contributed by atoms with Crippen LogP contribution >= 0.6 is 0 Å². The maximum atomic E-state index is 14.4. The van der Waals surface area contributed by atoms with Crippen molar-refractivity contribution in [1.82, 2.24) is 10.1 Å². The quantitative estimate of drug-likeness (QED) is 0.424. The molecule has 1 heterocycles. The number of nitriles is 1. The molecule has 0 amide bonds. The van der Waals surface area contributed by atoms with Crippen molar-refractivity contribution in [3.8, 4) is 6.07 Å². The highest BCUT2D eigenvalue weighted by atomic mass is 19.1. The second kappa shape index (κ2) is 8.21. The third-order valence-electron chi connectivity index (χ3n) is 12.1. The molecule has 1 aromatic rings. The summed E-state index contributed by atoms with van der Waals surface area (Å²) in [6.45, 7) is 12.2. The molecule has 1 aromatic heterocycles. The molecule has 0 aromatic carbocycles. The molecule has 7 atom stereocenters. The van der Waals surface area contributed by atoms with Gasteiger partial charge in [0.25, 0.3) is 5.89 Å². The molecule has 0 spiro atoms. The van der Waals surface area contributed by atoms with Crippen LogP contribution in [-0.4, -0.2) is 21.7 Å². The molecular weight excluding hydrogens is 493 g/mol. The second-order valence-corrected chi connectivity index (χ2v) is 14.9. The molecule has 0 bridgehead atoms. The van der Waals surface area contributed by atoms with Crippen molar-refractivity contribution in [2.24, 2.45) is 45.3 Å². The minimum absolute atomic E-state index is 0.00925. The monoisotopic (exact) mass is 533 g/mol. The lowest BCUT2D eigenvalue weighted by atomic mass is 9.38. The van der Waals surface area contributed by atoms with E-state index in [0.717, 1.165) is 50.5 Å². The van der Waals surface area contributed by atoms with Crippen molar-refractivity contribution >= 4 is 11.6 Å². The van der Waals surface area contributed by atoms with Crippen molar-refractivity contribution in [3.05, 3.63) is 35.0 Å². The van der Waals surface area contributed by atoms with Gasteiger partial charge in [-0.1, -0.05) is 58.3 Å². The SMILES string of the molecule is CC1(C)CCC2(c3noc(CF)n3)CCC3C(C(=O)C=C4C5(C)C=C(C#N)C(=O)C(C)(C)C5CCC43C)C2C1. The van der Waals surface area contributed by atoms with E-state index in [-0.39, 0.29) is 62.9 Å². The van der Waals surface area contributed by atoms with E-state index >= 15 is 0 Å². The number of ketones is 2. The van der Waals surface area contributed by atoms with E-state index in [1.54, 1.807) is 0 Å². The zero-order valence-corrected chi connectivity index (χ0v) is 24.1. The fourth-order valence-electron chi connectivity index (χ4n) is 10.2. The van der Waals surface area contributed by atoms with Crippen LogP contribution in [0.2, 0.25) is 0 Å². The standard InChI is InChI=1S/C32H40FN3O3/c1-28(2)11-12-32(27-35-24(16-33)39-36-27)10-7-19-25(20(32)15-28)21(37)13-23-30(19,5)9-8-22-29(3,4)26(38)18(17-34)14-31(22,23)6/h13-14,19-20,22,25H,7-12,15-16H2,1-6H3. The average Bonchev–Trinajstić information content (AvgIpc) is 3.37. The molecule has 3 saturated carbocycles. The Kier molecular flexibility index (Phi) is 5.60. The van der Waals surface area contributed by atoms with Gasteiger partial charge in [0.2, 0.25) is 0 Å². The maximum Gasteiger partial charge on any atom is 0.258 e. The summed E-state index contributed by atoms with van der Waals surface area (Å²) in [6, 6.07) is 2.17. The van der Waals surface area contributed by atoms with Gasteiger partial charge in [-0.15, -0.1) is 0 Å². The summed E-state index contributed by atoms with van der Waals surface area (Å²) in [6.07, 6.45) is 10.0. The number of hydrogen-bond donors (Lipinski definition) is 0. The smallest absolute Gasteiger partial charge is 0.258 e. The van der Waals surface area contributed by atoms with Gasteiger partial charge in [-0.05, 0) is 79.6 Å². The average molecular weight is 534 g/mol. The summed E-state index contributed by atoms with van der Waals surface area (Å²) in [5.41, 5.74) is -0.399. The van der Waals surface area contributed by atoms with Crippen molar-refractivity contribution in [3.63, 3.8) is 0 Å². The third kappa shape index (κ3) is 3.42. The van der Waals surface area contributed by atoms with E-state index in [4.69, 9.17) is 4.52 Å². The van der Waals surface area contributed by atoms with Gasteiger partial charge in [0.05, 0.1) is 5.57 Å². The van der Waals surface area contributed by atoms with Gasteiger partial charge >= 0.3 is 0 Å². The van der Waals surface area contributed by atoms with Gasteiger partial charge in [0.1, 0.15) is 6.07 Å². The van der Waals surface area contributed by atoms with Gasteiger partial charge in [-0.25, -0.2) is 4.39 Å². The van der Waals surface area contributed by atoms with Crippen LogP contribution < -0.4 is 0 Å². The highest BCUT2D eigenvalue weighted by Gasteiger charge is 2.66. The molecule has 0 N–H and O–H groups in total.